The molecule has 2 rings (SSSR count). The van der Waals surface area contributed by atoms with Crippen LogP contribution in [0.25, 0.3) is 6.08 Å². The molecule has 0 spiro atoms. The van der Waals surface area contributed by atoms with Crippen molar-refractivity contribution in [3.63, 3.8) is 0 Å². The normalized spacial score (nSPS) is 17.2. The average Bonchev–Trinajstić information content (AvgIpc) is 2.83. The third-order valence-corrected chi connectivity index (χ3v) is 6.24. The lowest BCUT2D eigenvalue weighted by atomic mass is 10.1. The van der Waals surface area contributed by atoms with Gasteiger partial charge in [0.25, 0.3) is 20.2 Å². The van der Waals surface area contributed by atoms with E-state index in [2.05, 4.69) is 4.99 Å². The Morgan fingerprint density at radius 2 is 1.58 bits per heavy atom. The van der Waals surface area contributed by atoms with Gasteiger partial charge in [-0.15, -0.1) is 0 Å². The highest BCUT2D eigenvalue weighted by molar-refractivity contribution is 7.91. The molecule has 1 aliphatic heterocycles. The Hall–Kier alpha value is -1.83. The summed E-state index contributed by atoms with van der Waals surface area (Å²) in [5, 5.41) is 0. The van der Waals surface area contributed by atoms with Crippen LogP contribution < -0.4 is 0 Å². The zero-order valence-electron chi connectivity index (χ0n) is 14.1. The van der Waals surface area contributed by atoms with Gasteiger partial charge in [0, 0.05) is 11.4 Å². The van der Waals surface area contributed by atoms with Gasteiger partial charge in [-0.1, -0.05) is 0 Å². The highest BCUT2D eigenvalue weighted by Gasteiger charge is 2.33. The maximum atomic E-state index is 13.5. The Kier molecular flexibility index (Phi) is 5.05. The number of aromatic nitrogens is 1. The third kappa shape index (κ3) is 3.39. The SMILES string of the molecule is CC1=N/C(=C\c2c(C)c(S(=O)(=O)O)c(C)n2B(F)F)C(C)=C1S(=O)(=O)O. The van der Waals surface area contributed by atoms with Crippen molar-refractivity contribution in [2.75, 3.05) is 0 Å². The molecule has 0 amide bonds. The Balaban J connectivity index is 2.84. The Morgan fingerprint density at radius 3 is 1.96 bits per heavy atom. The van der Waals surface area contributed by atoms with Gasteiger partial charge >= 0.3 is 7.40 Å². The molecule has 13 heteroatoms. The standard InChI is InChI=1S/C13H15BF2N2O6S2/c1-6-10(17-8(3)12(6)25(19,20)21)5-11-7(2)13(26(22,23)24)9(4)18(11)14(15)16/h5H,1-4H3,(H,19,20,21)(H,22,23,24)/b10-5-. The van der Waals surface area contributed by atoms with Crippen molar-refractivity contribution in [3.05, 3.63) is 33.1 Å². The lowest BCUT2D eigenvalue weighted by Gasteiger charge is -2.06. The van der Waals surface area contributed by atoms with E-state index >= 15 is 0 Å². The molecular weight excluding hydrogens is 393 g/mol. The van der Waals surface area contributed by atoms with Crippen molar-refractivity contribution in [1.82, 2.24) is 4.48 Å². The van der Waals surface area contributed by atoms with Crippen molar-refractivity contribution < 1.29 is 34.6 Å². The van der Waals surface area contributed by atoms with Gasteiger partial charge < -0.3 is 4.48 Å². The zero-order chi connectivity index (χ0) is 20.2. The van der Waals surface area contributed by atoms with Crippen molar-refractivity contribution in [2.24, 2.45) is 4.99 Å². The van der Waals surface area contributed by atoms with Crippen molar-refractivity contribution in [1.29, 1.82) is 0 Å². The van der Waals surface area contributed by atoms with Gasteiger partial charge in [-0.05, 0) is 44.9 Å². The monoisotopic (exact) mass is 408 g/mol. The van der Waals surface area contributed by atoms with Crippen molar-refractivity contribution >= 4 is 39.4 Å². The first-order valence-corrected chi connectivity index (χ1v) is 9.99. The molecule has 142 valence electrons. The molecule has 1 aromatic rings. The summed E-state index contributed by atoms with van der Waals surface area (Å²) < 4.78 is 91.8. The second-order valence-electron chi connectivity index (χ2n) is 5.70. The largest absolute Gasteiger partial charge is 0.677 e. The summed E-state index contributed by atoms with van der Waals surface area (Å²) >= 11 is 0. The topological polar surface area (TPSA) is 126 Å². The maximum Gasteiger partial charge on any atom is 0.677 e. The van der Waals surface area contributed by atoms with Gasteiger partial charge in [-0.25, -0.2) is 0 Å². The van der Waals surface area contributed by atoms with Crippen molar-refractivity contribution in [3.8, 4) is 0 Å². The van der Waals surface area contributed by atoms with E-state index in [1.54, 1.807) is 0 Å². The van der Waals surface area contributed by atoms with E-state index in [0.29, 0.717) is 4.48 Å². The fourth-order valence-corrected chi connectivity index (χ4v) is 4.89. The maximum absolute atomic E-state index is 13.5. The molecular formula is C13H15BF2N2O6S2. The molecule has 0 saturated carbocycles. The van der Waals surface area contributed by atoms with E-state index in [9.17, 15) is 34.6 Å². The molecule has 0 radical (unpaired) electrons. The minimum Gasteiger partial charge on any atom is -0.328 e. The van der Waals surface area contributed by atoms with Gasteiger partial charge in [0.1, 0.15) is 9.80 Å². The molecule has 0 saturated heterocycles. The molecule has 1 aliphatic rings. The van der Waals surface area contributed by atoms with E-state index in [4.69, 9.17) is 0 Å². The number of allylic oxidation sites excluding steroid dienone is 2. The number of rotatable bonds is 4. The highest BCUT2D eigenvalue weighted by atomic mass is 32.2. The molecule has 0 fully saturated rings. The summed E-state index contributed by atoms with van der Waals surface area (Å²) in [5.74, 6) is 0. The quantitative estimate of drug-likeness (QED) is 0.581. The van der Waals surface area contributed by atoms with Crippen LogP contribution in [-0.2, 0) is 20.2 Å². The first-order valence-electron chi connectivity index (χ1n) is 7.11. The second kappa shape index (κ2) is 6.41. The van der Waals surface area contributed by atoms with E-state index in [0.717, 1.165) is 13.0 Å². The lowest BCUT2D eigenvalue weighted by Crippen LogP contribution is -2.17. The van der Waals surface area contributed by atoms with Crippen LogP contribution in [0.4, 0.5) is 8.63 Å². The predicted molar refractivity (Wildman–Crippen MR) is 92.4 cm³/mol. The molecule has 26 heavy (non-hydrogen) atoms. The number of hydrogen-bond acceptors (Lipinski definition) is 5. The highest BCUT2D eigenvalue weighted by Crippen LogP contribution is 2.33. The molecule has 0 aliphatic carbocycles. The van der Waals surface area contributed by atoms with Crippen LogP contribution in [0.1, 0.15) is 30.8 Å². The first kappa shape index (κ1) is 20.5. The van der Waals surface area contributed by atoms with E-state index in [1.807, 2.05) is 0 Å². The molecule has 2 N–H and O–H groups in total. The number of hydrogen-bond donors (Lipinski definition) is 2. The van der Waals surface area contributed by atoms with Crippen LogP contribution in [0.2, 0.25) is 0 Å². The zero-order valence-corrected chi connectivity index (χ0v) is 15.8. The fourth-order valence-electron chi connectivity index (χ4n) is 3.02. The fraction of sp³-hybridized carbons (Fsp3) is 0.308. The van der Waals surface area contributed by atoms with E-state index in [-0.39, 0.29) is 33.9 Å². The number of nitrogens with zero attached hydrogens (tertiary/aromatic N) is 2. The van der Waals surface area contributed by atoms with Crippen molar-refractivity contribution in [2.45, 2.75) is 32.6 Å². The Morgan fingerprint density at radius 1 is 1.04 bits per heavy atom. The van der Waals surface area contributed by atoms with Crippen LogP contribution in [0.5, 0.6) is 0 Å². The summed E-state index contributed by atoms with van der Waals surface area (Å²) in [7, 11) is -12.4. The molecule has 2 heterocycles. The molecule has 0 aromatic carbocycles. The molecule has 0 atom stereocenters. The Labute approximate surface area is 149 Å². The first-order chi connectivity index (χ1) is 11.7. The lowest BCUT2D eigenvalue weighted by molar-refractivity contribution is 0.481. The second-order valence-corrected chi connectivity index (χ2v) is 8.42. The van der Waals surface area contributed by atoms with E-state index in [1.165, 1.54) is 20.8 Å². The number of aliphatic imine (C=N–C) groups is 1. The molecule has 1 aromatic heterocycles. The van der Waals surface area contributed by atoms with Gasteiger partial charge in [0.05, 0.1) is 11.4 Å². The van der Waals surface area contributed by atoms with Crippen LogP contribution in [0, 0.1) is 13.8 Å². The third-order valence-electron chi connectivity index (χ3n) is 4.00. The van der Waals surface area contributed by atoms with Gasteiger partial charge in [-0.3, -0.25) is 22.7 Å². The smallest absolute Gasteiger partial charge is 0.328 e. The van der Waals surface area contributed by atoms with Gasteiger partial charge in [0.15, 0.2) is 0 Å². The van der Waals surface area contributed by atoms with Gasteiger partial charge in [-0.2, -0.15) is 16.8 Å². The molecule has 8 nitrogen and oxygen atoms in total. The summed E-state index contributed by atoms with van der Waals surface area (Å²) in [6.45, 7) is 4.99. The predicted octanol–water partition coefficient (Wildman–Crippen LogP) is 2.10. The van der Waals surface area contributed by atoms with E-state index < -0.39 is 37.4 Å². The minimum atomic E-state index is -4.76. The molecule has 0 bridgehead atoms. The van der Waals surface area contributed by atoms with Gasteiger partial charge in [0.2, 0.25) is 0 Å². The van der Waals surface area contributed by atoms with Crippen LogP contribution >= 0.6 is 0 Å². The average molecular weight is 408 g/mol. The van der Waals surface area contributed by atoms with Crippen LogP contribution in [-0.4, -0.2) is 43.5 Å². The Bertz CT molecular complexity index is 1100. The summed E-state index contributed by atoms with van der Waals surface area (Å²) in [6.07, 6.45) is 1.08. The summed E-state index contributed by atoms with van der Waals surface area (Å²) in [4.78, 5) is 2.86. The summed E-state index contributed by atoms with van der Waals surface area (Å²) in [6, 6.07) is 0. The minimum absolute atomic E-state index is 0.0254. The van der Waals surface area contributed by atoms with Crippen LogP contribution in [0.15, 0.2) is 26.1 Å². The number of halogens is 2. The van der Waals surface area contributed by atoms with Crippen LogP contribution in [0.3, 0.4) is 0 Å². The summed E-state index contributed by atoms with van der Waals surface area (Å²) in [5.41, 5.74) is -0.804. The molecule has 0 unspecified atom stereocenters.